The van der Waals surface area contributed by atoms with E-state index in [2.05, 4.69) is 4.99 Å². The van der Waals surface area contributed by atoms with E-state index in [9.17, 15) is 4.39 Å². The Bertz CT molecular complexity index is 132. The molecular formula is C7H12FN. The van der Waals surface area contributed by atoms with E-state index >= 15 is 0 Å². The van der Waals surface area contributed by atoms with Crippen LogP contribution < -0.4 is 0 Å². The van der Waals surface area contributed by atoms with Gasteiger partial charge < -0.3 is 0 Å². The zero-order valence-corrected chi connectivity index (χ0v) is 6.11. The van der Waals surface area contributed by atoms with Crippen LogP contribution in [0.25, 0.3) is 0 Å². The fourth-order valence-electron chi connectivity index (χ4n) is 0.290. The maximum atomic E-state index is 11.9. The van der Waals surface area contributed by atoms with Gasteiger partial charge in [0.25, 0.3) is 0 Å². The number of rotatable bonds is 2. The second-order valence-electron chi connectivity index (χ2n) is 1.96. The fourth-order valence-corrected chi connectivity index (χ4v) is 0.290. The van der Waals surface area contributed by atoms with Crippen LogP contribution in [0.2, 0.25) is 0 Å². The molecule has 0 aromatic rings. The molecule has 0 N–H and O–H groups in total. The molecule has 0 spiro atoms. The van der Waals surface area contributed by atoms with Crippen molar-refractivity contribution in [1.29, 1.82) is 0 Å². The summed E-state index contributed by atoms with van der Waals surface area (Å²) in [6.07, 6.45) is 2.48. The first-order valence-electron chi connectivity index (χ1n) is 3.02. The number of hydrogen-bond donors (Lipinski definition) is 0. The number of allylic oxidation sites excluding steroid dienone is 1. The van der Waals surface area contributed by atoms with Gasteiger partial charge in [0, 0.05) is 13.1 Å². The van der Waals surface area contributed by atoms with Crippen LogP contribution in [0.1, 0.15) is 27.2 Å². The highest BCUT2D eigenvalue weighted by atomic mass is 19.1. The van der Waals surface area contributed by atoms with Crippen LogP contribution in [0.5, 0.6) is 0 Å². The van der Waals surface area contributed by atoms with Crippen molar-refractivity contribution >= 4 is 5.97 Å². The summed E-state index contributed by atoms with van der Waals surface area (Å²) in [5.74, 6) is -0.386. The average molecular weight is 129 g/mol. The van der Waals surface area contributed by atoms with Crippen molar-refractivity contribution in [1.82, 2.24) is 0 Å². The van der Waals surface area contributed by atoms with Crippen molar-refractivity contribution in [2.45, 2.75) is 27.2 Å². The molecular weight excluding hydrogens is 117 g/mol. The molecule has 9 heavy (non-hydrogen) atoms. The summed E-state index contributed by atoms with van der Waals surface area (Å²) in [7, 11) is 0. The van der Waals surface area contributed by atoms with E-state index in [0.29, 0.717) is 0 Å². The number of aliphatic imine (C=N–C) groups is 1. The standard InChI is InChI=1S/C7H12FN/c1-4-6(2)5-9-7(3)8/h5H,4H2,1-3H3/b6-5-,9-7?. The van der Waals surface area contributed by atoms with Gasteiger partial charge in [0.2, 0.25) is 0 Å². The van der Waals surface area contributed by atoms with Crippen molar-refractivity contribution in [2.24, 2.45) is 4.99 Å². The molecule has 0 fully saturated rings. The van der Waals surface area contributed by atoms with Crippen LogP contribution in [0, 0.1) is 0 Å². The van der Waals surface area contributed by atoms with Crippen molar-refractivity contribution < 1.29 is 4.39 Å². The lowest BCUT2D eigenvalue weighted by atomic mass is 10.3. The first-order chi connectivity index (χ1) is 4.16. The monoisotopic (exact) mass is 129 g/mol. The van der Waals surface area contributed by atoms with Gasteiger partial charge in [-0.2, -0.15) is 4.39 Å². The molecule has 1 nitrogen and oxygen atoms in total. The number of nitrogens with zero attached hydrogens (tertiary/aromatic N) is 1. The Balaban J connectivity index is 3.83. The minimum Gasteiger partial charge on any atom is -0.232 e. The lowest BCUT2D eigenvalue weighted by Crippen LogP contribution is -1.75. The molecule has 0 aliphatic rings. The highest BCUT2D eigenvalue weighted by molar-refractivity contribution is 5.72. The summed E-state index contributed by atoms with van der Waals surface area (Å²) in [6.45, 7) is 5.26. The van der Waals surface area contributed by atoms with Gasteiger partial charge in [-0.3, -0.25) is 0 Å². The molecule has 0 saturated heterocycles. The summed E-state index contributed by atoms with van der Waals surface area (Å²) in [6, 6.07) is 0. The summed E-state index contributed by atoms with van der Waals surface area (Å²) in [4.78, 5) is 3.48. The normalized spacial score (nSPS) is 14.2. The van der Waals surface area contributed by atoms with Crippen LogP contribution in [-0.4, -0.2) is 5.97 Å². The van der Waals surface area contributed by atoms with E-state index in [-0.39, 0.29) is 5.97 Å². The van der Waals surface area contributed by atoms with Crippen LogP contribution in [0.4, 0.5) is 4.39 Å². The molecule has 0 aliphatic carbocycles. The second-order valence-corrected chi connectivity index (χ2v) is 1.96. The zero-order valence-electron chi connectivity index (χ0n) is 6.11. The zero-order chi connectivity index (χ0) is 7.28. The average Bonchev–Trinajstić information content (AvgIpc) is 1.83. The van der Waals surface area contributed by atoms with Crippen LogP contribution in [0.3, 0.4) is 0 Å². The maximum absolute atomic E-state index is 11.9. The van der Waals surface area contributed by atoms with Gasteiger partial charge in [-0.05, 0) is 13.3 Å². The van der Waals surface area contributed by atoms with E-state index in [4.69, 9.17) is 0 Å². The van der Waals surface area contributed by atoms with Crippen molar-refractivity contribution in [3.8, 4) is 0 Å². The van der Waals surface area contributed by atoms with Crippen molar-refractivity contribution in [2.75, 3.05) is 0 Å². The largest absolute Gasteiger partial charge is 0.232 e. The molecule has 0 atom stereocenters. The van der Waals surface area contributed by atoms with Crippen LogP contribution >= 0.6 is 0 Å². The Morgan fingerprint density at radius 1 is 1.56 bits per heavy atom. The smallest absolute Gasteiger partial charge is 0.185 e. The Kier molecular flexibility index (Phi) is 3.93. The van der Waals surface area contributed by atoms with Gasteiger partial charge in [-0.1, -0.05) is 12.5 Å². The van der Waals surface area contributed by atoms with Gasteiger partial charge in [0.05, 0.1) is 0 Å². The Labute approximate surface area is 55.3 Å². The molecule has 0 rings (SSSR count). The fraction of sp³-hybridized carbons (Fsp3) is 0.571. The minimum atomic E-state index is -0.386. The highest BCUT2D eigenvalue weighted by Crippen LogP contribution is 1.97. The first kappa shape index (κ1) is 8.34. The lowest BCUT2D eigenvalue weighted by Gasteiger charge is -1.87. The molecule has 0 bridgehead atoms. The third-order valence-corrected chi connectivity index (χ3v) is 1.02. The number of halogens is 1. The van der Waals surface area contributed by atoms with E-state index in [1.807, 2.05) is 13.8 Å². The predicted octanol–water partition coefficient (Wildman–Crippen LogP) is 2.69. The molecule has 0 aliphatic heterocycles. The molecule has 0 unspecified atom stereocenters. The highest BCUT2D eigenvalue weighted by Gasteiger charge is 1.81. The van der Waals surface area contributed by atoms with Gasteiger partial charge in [0.1, 0.15) is 0 Å². The topological polar surface area (TPSA) is 12.4 Å². The summed E-state index contributed by atoms with van der Waals surface area (Å²) in [5, 5.41) is 0. The summed E-state index contributed by atoms with van der Waals surface area (Å²) >= 11 is 0. The summed E-state index contributed by atoms with van der Waals surface area (Å²) in [5.41, 5.74) is 1.09. The molecule has 2 heteroatoms. The summed E-state index contributed by atoms with van der Waals surface area (Å²) < 4.78 is 11.9. The minimum absolute atomic E-state index is 0.386. The van der Waals surface area contributed by atoms with E-state index in [1.165, 1.54) is 6.92 Å². The van der Waals surface area contributed by atoms with Gasteiger partial charge >= 0.3 is 0 Å². The third kappa shape index (κ3) is 5.21. The van der Waals surface area contributed by atoms with Crippen LogP contribution in [-0.2, 0) is 0 Å². The van der Waals surface area contributed by atoms with Crippen LogP contribution in [0.15, 0.2) is 16.8 Å². The van der Waals surface area contributed by atoms with Gasteiger partial charge in [0.15, 0.2) is 5.97 Å². The van der Waals surface area contributed by atoms with Crippen molar-refractivity contribution in [3.05, 3.63) is 11.8 Å². The maximum Gasteiger partial charge on any atom is 0.185 e. The molecule has 0 aromatic heterocycles. The molecule has 52 valence electrons. The Morgan fingerprint density at radius 2 is 2.11 bits per heavy atom. The lowest BCUT2D eigenvalue weighted by molar-refractivity contribution is 0.797. The third-order valence-electron chi connectivity index (χ3n) is 1.02. The Hall–Kier alpha value is -0.660. The molecule has 0 radical (unpaired) electrons. The molecule has 0 saturated carbocycles. The Morgan fingerprint density at radius 3 is 2.44 bits per heavy atom. The molecule has 0 aromatic carbocycles. The number of hydrogen-bond acceptors (Lipinski definition) is 1. The second kappa shape index (κ2) is 4.24. The van der Waals surface area contributed by atoms with E-state index in [0.717, 1.165) is 12.0 Å². The molecule has 0 amide bonds. The van der Waals surface area contributed by atoms with E-state index in [1.54, 1.807) is 6.20 Å². The predicted molar refractivity (Wildman–Crippen MR) is 38.3 cm³/mol. The van der Waals surface area contributed by atoms with Crippen molar-refractivity contribution in [3.63, 3.8) is 0 Å². The van der Waals surface area contributed by atoms with Gasteiger partial charge in [-0.25, -0.2) is 4.99 Å². The van der Waals surface area contributed by atoms with Gasteiger partial charge in [-0.15, -0.1) is 0 Å². The van der Waals surface area contributed by atoms with E-state index < -0.39 is 0 Å². The molecule has 0 heterocycles. The first-order valence-corrected chi connectivity index (χ1v) is 3.02. The SMILES string of the molecule is CC/C(C)=C\N=C(C)F. The quantitative estimate of drug-likeness (QED) is 0.508.